The Morgan fingerprint density at radius 3 is 1.96 bits per heavy atom. The fourth-order valence-electron chi connectivity index (χ4n) is 2.47. The normalized spacial score (nSPS) is 15.6. The zero-order chi connectivity index (χ0) is 18.6. The van der Waals surface area contributed by atoms with Gasteiger partial charge in [-0.3, -0.25) is 0 Å². The highest BCUT2D eigenvalue weighted by Crippen LogP contribution is 2.27. The topological polar surface area (TPSA) is 66.4 Å². The lowest BCUT2D eigenvalue weighted by molar-refractivity contribution is 0.112. The van der Waals surface area contributed by atoms with Gasteiger partial charge in [-0.15, -0.1) is 0 Å². The van der Waals surface area contributed by atoms with Crippen LogP contribution in [0.4, 0.5) is 0 Å². The van der Waals surface area contributed by atoms with E-state index in [1.165, 1.54) is 24.3 Å². The average molecular weight is 402 g/mol. The molecular weight excluding hydrogens is 381 g/mol. The van der Waals surface area contributed by atoms with E-state index in [1.807, 2.05) is 13.8 Å². The van der Waals surface area contributed by atoms with E-state index < -0.39 is 22.2 Å². The molecule has 0 saturated heterocycles. The second kappa shape index (κ2) is 8.52. The summed E-state index contributed by atoms with van der Waals surface area (Å²) in [5.74, 6) is -0.0762. The first kappa shape index (κ1) is 20.2. The van der Waals surface area contributed by atoms with Crippen molar-refractivity contribution in [2.24, 2.45) is 5.92 Å². The molecule has 136 valence electrons. The molecule has 0 aliphatic rings. The van der Waals surface area contributed by atoms with Crippen LogP contribution >= 0.6 is 23.2 Å². The van der Waals surface area contributed by atoms with Crippen molar-refractivity contribution < 1.29 is 13.5 Å². The Kier molecular flexibility index (Phi) is 6.88. The maximum atomic E-state index is 12.7. The van der Waals surface area contributed by atoms with Gasteiger partial charge in [0.05, 0.1) is 17.0 Å². The Bertz CT molecular complexity index is 792. The molecule has 0 aliphatic heterocycles. The first-order valence-electron chi connectivity index (χ1n) is 7.96. The molecule has 25 heavy (non-hydrogen) atoms. The quantitative estimate of drug-likeness (QED) is 0.721. The lowest BCUT2D eigenvalue weighted by atomic mass is 9.91. The van der Waals surface area contributed by atoms with Crippen molar-refractivity contribution in [3.8, 4) is 0 Å². The van der Waals surface area contributed by atoms with Gasteiger partial charge in [-0.25, -0.2) is 13.1 Å². The number of rotatable bonds is 7. The Morgan fingerprint density at radius 1 is 1.00 bits per heavy atom. The number of aliphatic hydroxyl groups excluding tert-OH is 1. The van der Waals surface area contributed by atoms with E-state index in [-0.39, 0.29) is 10.8 Å². The first-order chi connectivity index (χ1) is 11.7. The van der Waals surface area contributed by atoms with Crippen LogP contribution in [-0.4, -0.2) is 19.6 Å². The molecule has 0 amide bonds. The van der Waals surface area contributed by atoms with Crippen LogP contribution < -0.4 is 4.72 Å². The lowest BCUT2D eigenvalue weighted by Crippen LogP contribution is -2.43. The summed E-state index contributed by atoms with van der Waals surface area (Å²) in [6.07, 6.45) is -0.285. The zero-order valence-electron chi connectivity index (χ0n) is 14.0. The number of hydrogen-bond donors (Lipinski definition) is 2. The van der Waals surface area contributed by atoms with E-state index >= 15 is 0 Å². The van der Waals surface area contributed by atoms with Crippen LogP contribution in [0, 0.1) is 5.92 Å². The molecule has 1 unspecified atom stereocenters. The molecule has 0 spiro atoms. The summed E-state index contributed by atoms with van der Waals surface area (Å²) in [6.45, 7) is 3.84. The van der Waals surface area contributed by atoms with E-state index in [0.29, 0.717) is 22.0 Å². The highest BCUT2D eigenvalue weighted by Gasteiger charge is 2.30. The van der Waals surface area contributed by atoms with Crippen LogP contribution in [0.2, 0.25) is 10.0 Å². The second-order valence-electron chi connectivity index (χ2n) is 5.98. The lowest BCUT2D eigenvalue weighted by Gasteiger charge is -2.29. The minimum atomic E-state index is -3.79. The third-order valence-corrected chi connectivity index (χ3v) is 6.20. The molecule has 2 aromatic rings. The zero-order valence-corrected chi connectivity index (χ0v) is 16.3. The molecular formula is C18H21Cl2NO3S. The van der Waals surface area contributed by atoms with Gasteiger partial charge >= 0.3 is 0 Å². The minimum absolute atomic E-state index is 0.0762. The van der Waals surface area contributed by atoms with Gasteiger partial charge in [0.15, 0.2) is 0 Å². The van der Waals surface area contributed by atoms with Crippen LogP contribution in [0.1, 0.15) is 31.9 Å². The highest BCUT2D eigenvalue weighted by molar-refractivity contribution is 7.89. The predicted octanol–water partition coefficient (Wildman–Crippen LogP) is 4.42. The van der Waals surface area contributed by atoms with Crippen LogP contribution in [-0.2, 0) is 10.0 Å². The van der Waals surface area contributed by atoms with E-state index in [2.05, 4.69) is 4.72 Å². The Balaban J connectivity index is 2.31. The maximum absolute atomic E-state index is 12.7. The van der Waals surface area contributed by atoms with E-state index in [0.717, 1.165) is 0 Å². The molecule has 0 saturated carbocycles. The summed E-state index contributed by atoms with van der Waals surface area (Å²) >= 11 is 11.7. The molecule has 0 fully saturated rings. The smallest absolute Gasteiger partial charge is 0.240 e. The number of halogens is 2. The highest BCUT2D eigenvalue weighted by atomic mass is 35.5. The second-order valence-corrected chi connectivity index (χ2v) is 8.57. The van der Waals surface area contributed by atoms with Crippen LogP contribution in [0.25, 0.3) is 0 Å². The molecule has 2 N–H and O–H groups in total. The maximum Gasteiger partial charge on any atom is 0.240 e. The van der Waals surface area contributed by atoms with Crippen molar-refractivity contribution in [3.63, 3.8) is 0 Å². The van der Waals surface area contributed by atoms with Gasteiger partial charge in [0.2, 0.25) is 10.0 Å². The number of nitrogens with one attached hydrogen (secondary N) is 1. The van der Waals surface area contributed by atoms with Gasteiger partial charge in [-0.05, 0) is 47.9 Å². The summed E-state index contributed by atoms with van der Waals surface area (Å²) < 4.78 is 28.0. The van der Waals surface area contributed by atoms with E-state index in [4.69, 9.17) is 23.2 Å². The van der Waals surface area contributed by atoms with Crippen molar-refractivity contribution in [3.05, 3.63) is 64.1 Å². The van der Waals surface area contributed by atoms with Gasteiger partial charge in [0.25, 0.3) is 0 Å². The third kappa shape index (κ3) is 5.19. The Hall–Kier alpha value is -1.11. The molecule has 2 rings (SSSR count). The molecule has 3 atom stereocenters. The molecule has 0 bridgehead atoms. The number of hydrogen-bond acceptors (Lipinski definition) is 3. The van der Waals surface area contributed by atoms with Gasteiger partial charge in [0, 0.05) is 10.0 Å². The summed E-state index contributed by atoms with van der Waals surface area (Å²) in [6, 6.07) is 12.0. The molecule has 4 nitrogen and oxygen atoms in total. The van der Waals surface area contributed by atoms with Gasteiger partial charge in [0.1, 0.15) is 0 Å². The monoisotopic (exact) mass is 401 g/mol. The summed E-state index contributed by atoms with van der Waals surface area (Å²) in [4.78, 5) is 0.105. The summed E-state index contributed by atoms with van der Waals surface area (Å²) in [7, 11) is -3.79. The van der Waals surface area contributed by atoms with E-state index in [9.17, 15) is 13.5 Å². The molecule has 0 heterocycles. The number of aliphatic hydroxyl groups is 1. The van der Waals surface area contributed by atoms with Crippen molar-refractivity contribution in [1.29, 1.82) is 0 Å². The van der Waals surface area contributed by atoms with Crippen LogP contribution in [0.5, 0.6) is 0 Å². The molecule has 0 aliphatic carbocycles. The van der Waals surface area contributed by atoms with Crippen molar-refractivity contribution in [1.82, 2.24) is 4.72 Å². The van der Waals surface area contributed by atoms with Gasteiger partial charge < -0.3 is 5.11 Å². The number of sulfonamides is 1. The third-order valence-electron chi connectivity index (χ3n) is 4.22. The van der Waals surface area contributed by atoms with Crippen LogP contribution in [0.3, 0.4) is 0 Å². The van der Waals surface area contributed by atoms with Gasteiger partial charge in [-0.2, -0.15) is 0 Å². The van der Waals surface area contributed by atoms with Crippen molar-refractivity contribution in [2.45, 2.75) is 37.3 Å². The van der Waals surface area contributed by atoms with Crippen LogP contribution in [0.15, 0.2) is 53.4 Å². The summed E-state index contributed by atoms with van der Waals surface area (Å²) in [5.41, 5.74) is 0.605. The average Bonchev–Trinajstić information content (AvgIpc) is 2.59. The predicted molar refractivity (Wildman–Crippen MR) is 101 cm³/mol. The molecule has 7 heteroatoms. The van der Waals surface area contributed by atoms with Crippen molar-refractivity contribution >= 4 is 33.2 Å². The fourth-order valence-corrected chi connectivity index (χ4v) is 4.08. The standard InChI is InChI=1S/C18H21Cl2NO3S/c1-3-12(2)17(18(22)13-4-6-14(19)7-5-13)21-25(23,24)16-10-8-15(20)9-11-16/h4-12,17-18,21-22H,3H2,1-2H3/t12-,17-,18?/m0/s1. The molecule has 0 aromatic heterocycles. The summed E-state index contributed by atoms with van der Waals surface area (Å²) in [5, 5.41) is 11.7. The Morgan fingerprint density at radius 2 is 1.48 bits per heavy atom. The minimum Gasteiger partial charge on any atom is -0.387 e. The van der Waals surface area contributed by atoms with Crippen molar-refractivity contribution in [2.75, 3.05) is 0 Å². The first-order valence-corrected chi connectivity index (χ1v) is 10.2. The largest absolute Gasteiger partial charge is 0.387 e. The van der Waals surface area contributed by atoms with Gasteiger partial charge in [-0.1, -0.05) is 55.6 Å². The SMILES string of the molecule is CC[C@H](C)[C@H](NS(=O)(=O)c1ccc(Cl)cc1)C(O)c1ccc(Cl)cc1. The number of benzene rings is 2. The molecule has 2 aromatic carbocycles. The van der Waals surface area contributed by atoms with E-state index in [1.54, 1.807) is 24.3 Å². The Labute approximate surface area is 158 Å². The molecule has 0 radical (unpaired) electrons. The fraction of sp³-hybridized carbons (Fsp3) is 0.333.